The van der Waals surface area contributed by atoms with Crippen molar-refractivity contribution in [2.75, 3.05) is 12.3 Å². The second-order valence-corrected chi connectivity index (χ2v) is 3.29. The maximum absolute atomic E-state index is 10.9. The first kappa shape index (κ1) is 11.8. The van der Waals surface area contributed by atoms with Crippen LogP contribution in [0.5, 0.6) is 5.75 Å². The van der Waals surface area contributed by atoms with Gasteiger partial charge in [0.1, 0.15) is 0 Å². The molecule has 1 aromatic carbocycles. The fourth-order valence-corrected chi connectivity index (χ4v) is 1.48. The number of nitro groups is 1. The van der Waals surface area contributed by atoms with Crippen LogP contribution in [0.4, 0.5) is 11.7 Å². The predicted molar refractivity (Wildman–Crippen MR) is 62.0 cm³/mol. The lowest BCUT2D eigenvalue weighted by Crippen LogP contribution is -1.99. The Kier molecular flexibility index (Phi) is 3.09. The van der Waals surface area contributed by atoms with Crippen LogP contribution >= 0.6 is 0 Å². The highest BCUT2D eigenvalue weighted by atomic mass is 16.6. The zero-order valence-corrected chi connectivity index (χ0v) is 9.49. The molecule has 0 aliphatic carbocycles. The molecule has 94 valence electrons. The number of nitrogens with two attached hydrogens (primary N) is 1. The number of aromatic nitrogens is 2. The van der Waals surface area contributed by atoms with Crippen molar-refractivity contribution in [3.05, 3.63) is 28.3 Å². The molecule has 0 aliphatic rings. The number of anilines is 1. The summed E-state index contributed by atoms with van der Waals surface area (Å²) in [4.78, 5) is 10.4. The summed E-state index contributed by atoms with van der Waals surface area (Å²) in [6.45, 7) is 2.00. The van der Waals surface area contributed by atoms with Crippen molar-refractivity contribution in [1.29, 1.82) is 0 Å². The molecule has 2 rings (SSSR count). The third kappa shape index (κ3) is 2.08. The molecule has 2 aromatic rings. The molecule has 2 N–H and O–H groups in total. The molecule has 0 bridgehead atoms. The van der Waals surface area contributed by atoms with Crippen molar-refractivity contribution >= 4 is 11.7 Å². The minimum absolute atomic E-state index is 0.0830. The first-order valence-electron chi connectivity index (χ1n) is 5.13. The van der Waals surface area contributed by atoms with E-state index in [-0.39, 0.29) is 29.9 Å². The van der Waals surface area contributed by atoms with Gasteiger partial charge in [0.05, 0.1) is 17.1 Å². The standard InChI is InChI=1S/C10H10N4O4/c1-2-17-8-6(9-12-13-10(11)18-9)4-3-5-7(8)14(15)16/h3-5H,2H2,1H3,(H2,11,13). The average Bonchev–Trinajstić information content (AvgIpc) is 2.76. The quantitative estimate of drug-likeness (QED) is 0.647. The predicted octanol–water partition coefficient (Wildman–Crippen LogP) is 1.63. The van der Waals surface area contributed by atoms with Crippen LogP contribution < -0.4 is 10.5 Å². The normalized spacial score (nSPS) is 10.3. The summed E-state index contributed by atoms with van der Waals surface area (Å²) >= 11 is 0. The van der Waals surface area contributed by atoms with Gasteiger partial charge in [-0.05, 0) is 13.0 Å². The number of para-hydroxylation sites is 1. The molecule has 18 heavy (non-hydrogen) atoms. The van der Waals surface area contributed by atoms with Crippen LogP contribution in [0.2, 0.25) is 0 Å². The summed E-state index contributed by atoms with van der Waals surface area (Å²) < 4.78 is 10.3. The number of nitrogen functional groups attached to an aromatic ring is 1. The number of nitro benzene ring substituents is 1. The molecule has 0 spiro atoms. The van der Waals surface area contributed by atoms with E-state index >= 15 is 0 Å². The van der Waals surface area contributed by atoms with Gasteiger partial charge in [-0.2, -0.15) is 0 Å². The summed E-state index contributed by atoms with van der Waals surface area (Å²) in [6, 6.07) is 4.33. The highest BCUT2D eigenvalue weighted by molar-refractivity contribution is 5.70. The maximum atomic E-state index is 10.9. The topological polar surface area (TPSA) is 117 Å². The zero-order chi connectivity index (χ0) is 13.1. The minimum atomic E-state index is -0.534. The van der Waals surface area contributed by atoms with Crippen LogP contribution in [0.3, 0.4) is 0 Å². The van der Waals surface area contributed by atoms with Gasteiger partial charge in [-0.3, -0.25) is 10.1 Å². The zero-order valence-electron chi connectivity index (χ0n) is 9.49. The van der Waals surface area contributed by atoms with E-state index in [0.717, 1.165) is 0 Å². The van der Waals surface area contributed by atoms with Gasteiger partial charge in [0.15, 0.2) is 0 Å². The maximum Gasteiger partial charge on any atom is 0.313 e. The molecule has 0 saturated carbocycles. The Morgan fingerprint density at radius 1 is 1.50 bits per heavy atom. The van der Waals surface area contributed by atoms with Crippen LogP contribution in [-0.2, 0) is 0 Å². The van der Waals surface area contributed by atoms with Crippen molar-refractivity contribution in [3.63, 3.8) is 0 Å². The number of ether oxygens (including phenoxy) is 1. The Labute approximate surface area is 102 Å². The SMILES string of the molecule is CCOc1c(-c2nnc(N)o2)cccc1[N+](=O)[O-]. The molecule has 0 aliphatic heterocycles. The van der Waals surface area contributed by atoms with E-state index in [2.05, 4.69) is 10.2 Å². The van der Waals surface area contributed by atoms with E-state index in [1.807, 2.05) is 0 Å². The van der Waals surface area contributed by atoms with Gasteiger partial charge in [-0.1, -0.05) is 11.2 Å². The molecule has 1 aromatic heterocycles. The molecule has 8 heteroatoms. The third-order valence-electron chi connectivity index (χ3n) is 2.15. The minimum Gasteiger partial charge on any atom is -0.487 e. The summed E-state index contributed by atoms with van der Waals surface area (Å²) in [5.74, 6) is 0.174. The molecule has 0 radical (unpaired) electrons. The van der Waals surface area contributed by atoms with Crippen LogP contribution in [0.25, 0.3) is 11.5 Å². The number of rotatable bonds is 4. The van der Waals surface area contributed by atoms with E-state index < -0.39 is 4.92 Å². The van der Waals surface area contributed by atoms with E-state index in [4.69, 9.17) is 14.9 Å². The summed E-state index contributed by atoms with van der Waals surface area (Å²) in [5.41, 5.74) is 5.50. The third-order valence-corrected chi connectivity index (χ3v) is 2.15. The molecule has 0 saturated heterocycles. The number of nitrogens with zero attached hydrogens (tertiary/aromatic N) is 3. The molecule has 0 amide bonds. The van der Waals surface area contributed by atoms with Gasteiger partial charge < -0.3 is 14.9 Å². The first-order valence-corrected chi connectivity index (χ1v) is 5.13. The average molecular weight is 250 g/mol. The van der Waals surface area contributed by atoms with E-state index in [1.54, 1.807) is 13.0 Å². The fraction of sp³-hybridized carbons (Fsp3) is 0.200. The number of hydrogen-bond donors (Lipinski definition) is 1. The molecular weight excluding hydrogens is 240 g/mol. The number of hydrogen-bond acceptors (Lipinski definition) is 7. The monoisotopic (exact) mass is 250 g/mol. The lowest BCUT2D eigenvalue weighted by molar-refractivity contribution is -0.385. The van der Waals surface area contributed by atoms with Crippen molar-refractivity contribution in [3.8, 4) is 17.2 Å². The van der Waals surface area contributed by atoms with Gasteiger partial charge in [0.25, 0.3) is 5.89 Å². The molecule has 0 fully saturated rings. The van der Waals surface area contributed by atoms with Gasteiger partial charge in [0, 0.05) is 6.07 Å². The molecule has 0 atom stereocenters. The van der Waals surface area contributed by atoms with Crippen molar-refractivity contribution in [1.82, 2.24) is 10.2 Å². The van der Waals surface area contributed by atoms with Crippen molar-refractivity contribution in [2.24, 2.45) is 0 Å². The Morgan fingerprint density at radius 2 is 2.28 bits per heavy atom. The first-order chi connectivity index (χ1) is 8.63. The van der Waals surface area contributed by atoms with Gasteiger partial charge in [0.2, 0.25) is 5.75 Å². The van der Waals surface area contributed by atoms with E-state index in [9.17, 15) is 10.1 Å². The molecule has 0 unspecified atom stereocenters. The second-order valence-electron chi connectivity index (χ2n) is 3.29. The Balaban J connectivity index is 2.59. The lowest BCUT2D eigenvalue weighted by atomic mass is 10.1. The van der Waals surface area contributed by atoms with E-state index in [0.29, 0.717) is 5.56 Å². The van der Waals surface area contributed by atoms with Crippen LogP contribution in [0.1, 0.15) is 6.92 Å². The van der Waals surface area contributed by atoms with Crippen LogP contribution in [0.15, 0.2) is 22.6 Å². The number of benzene rings is 1. The largest absolute Gasteiger partial charge is 0.487 e. The van der Waals surface area contributed by atoms with Crippen LogP contribution in [0, 0.1) is 10.1 Å². The summed E-state index contributed by atoms with van der Waals surface area (Å²) in [6.07, 6.45) is 0. The van der Waals surface area contributed by atoms with Crippen molar-refractivity contribution < 1.29 is 14.1 Å². The highest BCUT2D eigenvalue weighted by Gasteiger charge is 2.22. The Bertz CT molecular complexity index is 581. The highest BCUT2D eigenvalue weighted by Crippen LogP contribution is 2.37. The van der Waals surface area contributed by atoms with Gasteiger partial charge in [-0.25, -0.2) is 0 Å². The lowest BCUT2D eigenvalue weighted by Gasteiger charge is -2.07. The molecule has 1 heterocycles. The van der Waals surface area contributed by atoms with E-state index in [1.165, 1.54) is 12.1 Å². The summed E-state index contributed by atoms with van der Waals surface area (Å²) in [5, 5.41) is 18.1. The Hall–Kier alpha value is -2.64. The summed E-state index contributed by atoms with van der Waals surface area (Å²) in [7, 11) is 0. The van der Waals surface area contributed by atoms with Crippen molar-refractivity contribution in [2.45, 2.75) is 6.92 Å². The smallest absolute Gasteiger partial charge is 0.313 e. The van der Waals surface area contributed by atoms with Gasteiger partial charge in [-0.15, -0.1) is 5.10 Å². The second kappa shape index (κ2) is 4.70. The molecular formula is C10H10N4O4. The Morgan fingerprint density at radius 3 is 2.83 bits per heavy atom. The molecule has 8 nitrogen and oxygen atoms in total. The van der Waals surface area contributed by atoms with Crippen LogP contribution in [-0.4, -0.2) is 21.7 Å². The van der Waals surface area contributed by atoms with Gasteiger partial charge >= 0.3 is 11.7 Å². The fourth-order valence-electron chi connectivity index (χ4n) is 1.48.